The maximum Gasteiger partial charge on any atom is 1.00 e. The number of hydrogen-bond acceptors (Lipinski definition) is 5. The van der Waals surface area contributed by atoms with E-state index in [1.54, 1.807) is 0 Å². The molecular formula is C22H39K2NO5. The van der Waals surface area contributed by atoms with Crippen molar-refractivity contribution in [3.63, 3.8) is 0 Å². The van der Waals surface area contributed by atoms with Crippen molar-refractivity contribution in [1.82, 2.24) is 5.32 Å². The van der Waals surface area contributed by atoms with E-state index < -0.39 is 30.3 Å². The number of aliphatic carboxylic acids is 2. The molecule has 0 saturated carbocycles. The van der Waals surface area contributed by atoms with Gasteiger partial charge in [0.2, 0.25) is 5.91 Å². The first-order valence-electron chi connectivity index (χ1n) is 11.2. The van der Waals surface area contributed by atoms with Crippen LogP contribution in [0.4, 0.5) is 0 Å². The first-order chi connectivity index (χ1) is 13.5. The van der Waals surface area contributed by atoms with Gasteiger partial charge in [0.25, 0.3) is 0 Å². The van der Waals surface area contributed by atoms with Gasteiger partial charge in [-0.25, -0.2) is 0 Å². The van der Waals surface area contributed by atoms with E-state index in [-0.39, 0.29) is 109 Å². The molecule has 0 aliphatic carbocycles. The SMILES string of the molecule is CCCCCCCCCCCCCCCCCC(=O)N[C@@H](CC(=O)[O-])C(=O)[O-].[K+].[K+]. The summed E-state index contributed by atoms with van der Waals surface area (Å²) >= 11 is 0. The number of unbranched alkanes of at least 4 members (excludes halogenated alkanes) is 14. The average Bonchev–Trinajstić information content (AvgIpc) is 2.64. The fourth-order valence-electron chi connectivity index (χ4n) is 3.28. The van der Waals surface area contributed by atoms with E-state index in [4.69, 9.17) is 0 Å². The van der Waals surface area contributed by atoms with Gasteiger partial charge in [-0.1, -0.05) is 96.8 Å². The Balaban J connectivity index is -0.00000364. The molecule has 0 bridgehead atoms. The molecule has 0 unspecified atom stereocenters. The summed E-state index contributed by atoms with van der Waals surface area (Å²) in [4.78, 5) is 32.9. The van der Waals surface area contributed by atoms with Gasteiger partial charge in [-0.3, -0.25) is 4.79 Å². The second-order valence-corrected chi connectivity index (χ2v) is 7.72. The Bertz CT molecular complexity index is 436. The minimum atomic E-state index is -1.60. The zero-order chi connectivity index (χ0) is 21.0. The summed E-state index contributed by atoms with van der Waals surface area (Å²) in [6, 6.07) is -1.52. The number of nitrogens with one attached hydrogen (secondary N) is 1. The molecule has 0 radical (unpaired) electrons. The summed E-state index contributed by atoms with van der Waals surface area (Å²) in [6.45, 7) is 2.24. The van der Waals surface area contributed by atoms with Crippen LogP contribution in [0.25, 0.3) is 0 Å². The van der Waals surface area contributed by atoms with Gasteiger partial charge in [0.05, 0.1) is 12.0 Å². The molecule has 0 aromatic rings. The van der Waals surface area contributed by atoms with Crippen LogP contribution >= 0.6 is 0 Å². The fraction of sp³-hybridized carbons (Fsp3) is 0.864. The van der Waals surface area contributed by atoms with Crippen molar-refractivity contribution >= 4 is 17.8 Å². The van der Waals surface area contributed by atoms with E-state index in [0.29, 0.717) is 6.42 Å². The third kappa shape index (κ3) is 25.9. The zero-order valence-corrected chi connectivity index (χ0v) is 25.9. The Morgan fingerprint density at radius 2 is 1.03 bits per heavy atom. The number of hydrogen-bond donors (Lipinski definition) is 1. The van der Waals surface area contributed by atoms with Crippen LogP contribution in [-0.4, -0.2) is 23.9 Å². The fourth-order valence-corrected chi connectivity index (χ4v) is 3.28. The van der Waals surface area contributed by atoms with E-state index in [1.165, 1.54) is 70.6 Å². The molecule has 0 aromatic carbocycles. The Labute approximate surface area is 268 Å². The largest absolute Gasteiger partial charge is 1.00 e. The number of amides is 1. The number of carbonyl (C=O) groups excluding carboxylic acids is 3. The number of carboxylic acids is 2. The molecule has 0 fully saturated rings. The molecule has 30 heavy (non-hydrogen) atoms. The topological polar surface area (TPSA) is 109 Å². The van der Waals surface area contributed by atoms with Crippen LogP contribution in [0.1, 0.15) is 116 Å². The summed E-state index contributed by atoms with van der Waals surface area (Å²) in [6.07, 6.45) is 17.9. The number of carbonyl (C=O) groups is 3. The van der Waals surface area contributed by atoms with Crippen LogP contribution in [0.5, 0.6) is 0 Å². The molecule has 0 saturated heterocycles. The van der Waals surface area contributed by atoms with E-state index >= 15 is 0 Å². The van der Waals surface area contributed by atoms with E-state index in [2.05, 4.69) is 12.2 Å². The minimum Gasteiger partial charge on any atom is -0.550 e. The minimum absolute atomic E-state index is 0. The van der Waals surface area contributed by atoms with Gasteiger partial charge in [-0.05, 0) is 6.42 Å². The van der Waals surface area contributed by atoms with E-state index in [9.17, 15) is 24.6 Å². The van der Waals surface area contributed by atoms with Crippen LogP contribution in [-0.2, 0) is 14.4 Å². The van der Waals surface area contributed by atoms with Crippen molar-refractivity contribution in [2.24, 2.45) is 0 Å². The van der Waals surface area contributed by atoms with Crippen LogP contribution in [0, 0.1) is 0 Å². The third-order valence-corrected chi connectivity index (χ3v) is 5.00. The van der Waals surface area contributed by atoms with Crippen molar-refractivity contribution in [2.75, 3.05) is 0 Å². The molecule has 8 heteroatoms. The molecule has 1 atom stereocenters. The van der Waals surface area contributed by atoms with Gasteiger partial charge in [-0.15, -0.1) is 0 Å². The Morgan fingerprint density at radius 1 is 0.667 bits per heavy atom. The molecule has 0 spiro atoms. The number of rotatable bonds is 20. The molecule has 0 aliphatic heterocycles. The summed E-state index contributed by atoms with van der Waals surface area (Å²) in [5, 5.41) is 23.4. The van der Waals surface area contributed by atoms with Crippen molar-refractivity contribution in [1.29, 1.82) is 0 Å². The summed E-state index contributed by atoms with van der Waals surface area (Å²) in [7, 11) is 0. The predicted octanol–water partition coefficient (Wildman–Crippen LogP) is -3.37. The molecule has 1 amide bonds. The quantitative estimate of drug-likeness (QED) is 0.146. The molecule has 0 heterocycles. The standard InChI is InChI=1S/C22H41NO5.2K/c1-2-3-4-5-6-7-8-9-10-11-12-13-14-15-16-17-20(24)23-19(22(27)28)18-21(25)26;;/h19H,2-18H2,1H3,(H,23,24)(H,25,26)(H,27,28);;/q;2*+1/p-2/t19-;;/m0../s1. The molecule has 6 nitrogen and oxygen atoms in total. The Hall–Kier alpha value is 1.68. The maximum absolute atomic E-state index is 11.7. The van der Waals surface area contributed by atoms with Gasteiger partial charge in [0.1, 0.15) is 0 Å². The first-order valence-corrected chi connectivity index (χ1v) is 11.2. The normalized spacial score (nSPS) is 11.1. The zero-order valence-electron chi connectivity index (χ0n) is 19.6. The van der Waals surface area contributed by atoms with Gasteiger partial charge < -0.3 is 25.1 Å². The van der Waals surface area contributed by atoms with Gasteiger partial charge in [0.15, 0.2) is 0 Å². The van der Waals surface area contributed by atoms with Gasteiger partial charge in [-0.2, -0.15) is 0 Å². The molecule has 1 N–H and O–H groups in total. The maximum atomic E-state index is 11.7. The van der Waals surface area contributed by atoms with E-state index in [0.717, 1.165) is 19.3 Å². The molecule has 0 aliphatic rings. The predicted molar refractivity (Wildman–Crippen MR) is 106 cm³/mol. The van der Waals surface area contributed by atoms with Gasteiger partial charge in [0, 0.05) is 18.8 Å². The molecule has 0 aromatic heterocycles. The third-order valence-electron chi connectivity index (χ3n) is 5.00. The molecular weight excluding hydrogens is 436 g/mol. The van der Waals surface area contributed by atoms with Crippen molar-refractivity contribution in [2.45, 2.75) is 122 Å². The van der Waals surface area contributed by atoms with E-state index in [1.807, 2.05) is 0 Å². The van der Waals surface area contributed by atoms with Crippen LogP contribution in [0.15, 0.2) is 0 Å². The van der Waals surface area contributed by atoms with Crippen molar-refractivity contribution in [3.8, 4) is 0 Å². The molecule has 164 valence electrons. The van der Waals surface area contributed by atoms with Crippen LogP contribution in [0.2, 0.25) is 0 Å². The first kappa shape index (κ1) is 36.3. The smallest absolute Gasteiger partial charge is 0.550 e. The van der Waals surface area contributed by atoms with Crippen LogP contribution in [0.3, 0.4) is 0 Å². The Morgan fingerprint density at radius 3 is 1.37 bits per heavy atom. The summed E-state index contributed by atoms with van der Waals surface area (Å²) in [5.41, 5.74) is 0. The second kappa shape index (κ2) is 26.9. The Kier molecular flexibility index (Phi) is 32.5. The van der Waals surface area contributed by atoms with Crippen molar-refractivity contribution < 1.29 is 127 Å². The van der Waals surface area contributed by atoms with Crippen molar-refractivity contribution in [3.05, 3.63) is 0 Å². The molecule has 0 rings (SSSR count). The summed E-state index contributed by atoms with van der Waals surface area (Å²) in [5.74, 6) is -3.58. The van der Waals surface area contributed by atoms with Gasteiger partial charge >= 0.3 is 103 Å². The van der Waals surface area contributed by atoms with Crippen LogP contribution < -0.4 is 118 Å². The summed E-state index contributed by atoms with van der Waals surface area (Å²) < 4.78 is 0. The average molecular weight is 476 g/mol. The second-order valence-electron chi connectivity index (χ2n) is 7.72. The monoisotopic (exact) mass is 475 g/mol. The number of carboxylic acid groups (broad SMARTS) is 2.